The van der Waals surface area contributed by atoms with Crippen LogP contribution in [0.2, 0.25) is 0 Å². The van der Waals surface area contributed by atoms with Gasteiger partial charge in [0.2, 0.25) is 0 Å². The molecule has 4 nitrogen and oxygen atoms in total. The van der Waals surface area contributed by atoms with Crippen LogP contribution in [0.3, 0.4) is 0 Å². The van der Waals surface area contributed by atoms with Crippen molar-refractivity contribution < 1.29 is 9.59 Å². The van der Waals surface area contributed by atoms with Gasteiger partial charge in [0, 0.05) is 0 Å². The molecular weight excluding hydrogens is 360 g/mol. The van der Waals surface area contributed by atoms with Gasteiger partial charge in [0.25, 0.3) is 5.91 Å². The minimum Gasteiger partial charge on any atom is -0.319 e. The highest BCUT2D eigenvalue weighted by molar-refractivity contribution is 6.07. The van der Waals surface area contributed by atoms with E-state index in [0.29, 0.717) is 6.42 Å². The molecule has 3 aromatic carbocycles. The quantitative estimate of drug-likeness (QED) is 0.671. The number of carbonyl (C=O) groups is 2. The van der Waals surface area contributed by atoms with Crippen molar-refractivity contribution in [2.45, 2.75) is 31.3 Å². The molecule has 2 aliphatic rings. The van der Waals surface area contributed by atoms with E-state index in [1.807, 2.05) is 60.7 Å². The minimum atomic E-state index is -0.907. The fraction of sp³-hybridized carbons (Fsp3) is 0.200. The second-order valence-electron chi connectivity index (χ2n) is 7.80. The van der Waals surface area contributed by atoms with E-state index in [0.717, 1.165) is 40.7 Å². The summed E-state index contributed by atoms with van der Waals surface area (Å²) in [6.45, 7) is 0.281. The topological polar surface area (TPSA) is 49.4 Å². The Morgan fingerprint density at radius 2 is 1.52 bits per heavy atom. The number of imide groups is 1. The van der Waals surface area contributed by atoms with Gasteiger partial charge in [-0.25, -0.2) is 4.79 Å². The summed E-state index contributed by atoms with van der Waals surface area (Å²) in [4.78, 5) is 27.5. The van der Waals surface area contributed by atoms with Crippen molar-refractivity contribution in [2.75, 3.05) is 0 Å². The lowest BCUT2D eigenvalue weighted by Gasteiger charge is -2.33. The fourth-order valence-electron chi connectivity index (χ4n) is 4.57. The predicted molar refractivity (Wildman–Crippen MR) is 112 cm³/mol. The Kier molecular flexibility index (Phi) is 4.20. The molecule has 144 valence electrons. The first-order chi connectivity index (χ1) is 14.2. The number of hydrogen-bond donors (Lipinski definition) is 1. The number of carbonyl (C=O) groups excluding carboxylic acids is 2. The van der Waals surface area contributed by atoms with Gasteiger partial charge in [-0.15, -0.1) is 0 Å². The number of aryl methyl sites for hydroxylation is 1. The highest BCUT2D eigenvalue weighted by Crippen LogP contribution is 2.40. The van der Waals surface area contributed by atoms with Crippen LogP contribution in [0.1, 0.15) is 29.5 Å². The molecule has 1 heterocycles. The zero-order chi connectivity index (χ0) is 19.8. The molecule has 3 aromatic rings. The van der Waals surface area contributed by atoms with Crippen LogP contribution in [0.4, 0.5) is 4.79 Å². The van der Waals surface area contributed by atoms with E-state index in [9.17, 15) is 9.59 Å². The van der Waals surface area contributed by atoms with Crippen LogP contribution in [-0.4, -0.2) is 16.8 Å². The molecule has 0 radical (unpaired) electrons. The molecule has 1 atom stereocenters. The summed E-state index contributed by atoms with van der Waals surface area (Å²) in [6, 6.07) is 25.9. The largest absolute Gasteiger partial charge is 0.325 e. The first-order valence-corrected chi connectivity index (χ1v) is 10.0. The number of nitrogens with zero attached hydrogens (tertiary/aromatic N) is 1. The minimum absolute atomic E-state index is 0.137. The van der Waals surface area contributed by atoms with Gasteiger partial charge in [-0.3, -0.25) is 9.69 Å². The van der Waals surface area contributed by atoms with Crippen LogP contribution in [-0.2, 0) is 23.3 Å². The summed E-state index contributed by atoms with van der Waals surface area (Å²) in [5.74, 6) is -0.137. The number of urea groups is 1. The summed E-state index contributed by atoms with van der Waals surface area (Å²) in [5.41, 5.74) is 4.40. The van der Waals surface area contributed by atoms with Gasteiger partial charge in [-0.05, 0) is 47.1 Å². The van der Waals surface area contributed by atoms with Crippen molar-refractivity contribution in [2.24, 2.45) is 0 Å². The van der Waals surface area contributed by atoms with Gasteiger partial charge in [0.05, 0.1) is 6.54 Å². The lowest BCUT2D eigenvalue weighted by atomic mass is 9.76. The molecule has 0 saturated carbocycles. The summed E-state index contributed by atoms with van der Waals surface area (Å²) >= 11 is 0. The van der Waals surface area contributed by atoms with Gasteiger partial charge >= 0.3 is 6.03 Å². The normalized spacial score (nSPS) is 20.6. The molecule has 29 heavy (non-hydrogen) atoms. The van der Waals surface area contributed by atoms with Crippen molar-refractivity contribution in [3.8, 4) is 11.1 Å². The Morgan fingerprint density at radius 3 is 2.31 bits per heavy atom. The number of amides is 3. The van der Waals surface area contributed by atoms with Crippen molar-refractivity contribution in [3.63, 3.8) is 0 Å². The van der Waals surface area contributed by atoms with Gasteiger partial charge in [-0.1, -0.05) is 78.9 Å². The van der Waals surface area contributed by atoms with Crippen LogP contribution >= 0.6 is 0 Å². The number of benzene rings is 3. The monoisotopic (exact) mass is 382 g/mol. The number of rotatable bonds is 3. The third kappa shape index (κ3) is 2.92. The van der Waals surface area contributed by atoms with Crippen molar-refractivity contribution >= 4 is 11.9 Å². The highest BCUT2D eigenvalue weighted by Gasteiger charge is 2.53. The molecule has 1 spiro atoms. The number of hydrogen-bond acceptors (Lipinski definition) is 2. The molecule has 0 aromatic heterocycles. The summed E-state index contributed by atoms with van der Waals surface area (Å²) in [7, 11) is 0. The summed E-state index contributed by atoms with van der Waals surface area (Å²) < 4.78 is 0. The van der Waals surface area contributed by atoms with Crippen LogP contribution in [0.15, 0.2) is 78.9 Å². The average Bonchev–Trinajstić information content (AvgIpc) is 3.00. The molecule has 4 heteroatoms. The molecule has 1 saturated heterocycles. The molecule has 3 amide bonds. The van der Waals surface area contributed by atoms with Crippen molar-refractivity contribution in [3.05, 3.63) is 95.6 Å². The van der Waals surface area contributed by atoms with E-state index in [4.69, 9.17) is 0 Å². The Morgan fingerprint density at radius 1 is 0.828 bits per heavy atom. The molecule has 1 N–H and O–H groups in total. The standard InChI is InChI=1S/C25H22N2O2/c28-23-25(16-6-10-21-9-4-5-11-22(21)25)26-24(29)27(23)17-18-12-14-20(15-13-18)19-7-2-1-3-8-19/h1-5,7-9,11-15H,6,10,16-17H2,(H,26,29). The van der Waals surface area contributed by atoms with Crippen LogP contribution in [0.25, 0.3) is 11.1 Å². The lowest BCUT2D eigenvalue weighted by Crippen LogP contribution is -2.46. The fourth-order valence-corrected chi connectivity index (χ4v) is 4.57. The molecule has 1 aliphatic heterocycles. The predicted octanol–water partition coefficient (Wildman–Crippen LogP) is 4.64. The first kappa shape index (κ1) is 17.7. The van der Waals surface area contributed by atoms with Crippen LogP contribution in [0.5, 0.6) is 0 Å². The van der Waals surface area contributed by atoms with E-state index in [-0.39, 0.29) is 18.5 Å². The van der Waals surface area contributed by atoms with E-state index in [2.05, 4.69) is 23.5 Å². The van der Waals surface area contributed by atoms with Gasteiger partial charge in [-0.2, -0.15) is 0 Å². The van der Waals surface area contributed by atoms with E-state index in [1.54, 1.807) is 0 Å². The van der Waals surface area contributed by atoms with Crippen molar-refractivity contribution in [1.29, 1.82) is 0 Å². The summed E-state index contributed by atoms with van der Waals surface area (Å²) in [5, 5.41) is 3.02. The van der Waals surface area contributed by atoms with E-state index in [1.165, 1.54) is 4.90 Å². The second kappa shape index (κ2) is 6.89. The van der Waals surface area contributed by atoms with Crippen LogP contribution in [0, 0.1) is 0 Å². The third-order valence-electron chi connectivity index (χ3n) is 6.05. The maximum Gasteiger partial charge on any atom is 0.325 e. The van der Waals surface area contributed by atoms with Gasteiger partial charge < -0.3 is 5.32 Å². The maximum atomic E-state index is 13.4. The smallest absolute Gasteiger partial charge is 0.319 e. The highest BCUT2D eigenvalue weighted by atomic mass is 16.2. The van der Waals surface area contributed by atoms with Gasteiger partial charge in [0.15, 0.2) is 0 Å². The first-order valence-electron chi connectivity index (χ1n) is 10.0. The Balaban J connectivity index is 1.41. The van der Waals surface area contributed by atoms with Gasteiger partial charge in [0.1, 0.15) is 5.54 Å². The van der Waals surface area contributed by atoms with E-state index >= 15 is 0 Å². The summed E-state index contributed by atoms with van der Waals surface area (Å²) in [6.07, 6.45) is 2.49. The van der Waals surface area contributed by atoms with Crippen molar-refractivity contribution in [1.82, 2.24) is 10.2 Å². The number of fused-ring (bicyclic) bond motifs is 2. The second-order valence-corrected chi connectivity index (χ2v) is 7.80. The van der Waals surface area contributed by atoms with Crippen LogP contribution < -0.4 is 5.32 Å². The average molecular weight is 382 g/mol. The SMILES string of the molecule is O=C1NC2(CCCc3ccccc32)C(=O)N1Cc1ccc(-c2ccccc2)cc1. The maximum absolute atomic E-state index is 13.4. The molecule has 1 aliphatic carbocycles. The Labute approximate surface area is 170 Å². The van der Waals surface area contributed by atoms with E-state index < -0.39 is 5.54 Å². The molecular formula is C25H22N2O2. The lowest BCUT2D eigenvalue weighted by molar-refractivity contribution is -0.132. The zero-order valence-corrected chi connectivity index (χ0v) is 16.1. The number of nitrogens with one attached hydrogen (secondary N) is 1. The Hall–Kier alpha value is -3.40. The third-order valence-corrected chi connectivity index (χ3v) is 6.05. The molecule has 1 unspecified atom stereocenters. The molecule has 0 bridgehead atoms. The zero-order valence-electron chi connectivity index (χ0n) is 16.1. The molecule has 1 fully saturated rings. The molecule has 5 rings (SSSR count). The Bertz CT molecular complexity index is 1080.